The summed E-state index contributed by atoms with van der Waals surface area (Å²) < 4.78 is 5.75. The molecule has 0 bridgehead atoms. The van der Waals surface area contributed by atoms with Gasteiger partial charge >= 0.3 is 0 Å². The Labute approximate surface area is 114 Å². The van der Waals surface area contributed by atoms with Gasteiger partial charge < -0.3 is 15.1 Å². The topological polar surface area (TPSA) is 62.1 Å². The number of aliphatic hydroxyl groups is 1. The van der Waals surface area contributed by atoms with Gasteiger partial charge in [0.05, 0.1) is 12.3 Å². The number of unbranched alkanes of at least 4 members (excludes halogenated alkanes) is 3. The molecule has 0 saturated carbocycles. The van der Waals surface area contributed by atoms with Gasteiger partial charge in [0, 0.05) is 12.2 Å². The number of hydrogen-bond acceptors (Lipinski definition) is 4. The van der Waals surface area contributed by atoms with Crippen molar-refractivity contribution in [1.82, 2.24) is 0 Å². The average Bonchev–Trinajstić information content (AvgIpc) is 2.45. The van der Waals surface area contributed by atoms with Crippen LogP contribution in [-0.2, 0) is 0 Å². The maximum absolute atomic E-state index is 8.98. The van der Waals surface area contributed by atoms with E-state index in [-0.39, 0.29) is 6.61 Å². The lowest BCUT2D eigenvalue weighted by Crippen LogP contribution is -2.05. The Hall–Kier alpha value is -1.55. The van der Waals surface area contributed by atoms with Gasteiger partial charge in [0.15, 0.2) is 0 Å². The predicted molar refractivity (Wildman–Crippen MR) is 76.1 cm³/mol. The number of para-hydroxylation sites is 1. The molecule has 19 heavy (non-hydrogen) atoms. The average molecular weight is 265 g/mol. The molecule has 0 amide bonds. The molecule has 1 aromatic carbocycles. The van der Waals surface area contributed by atoms with Crippen LogP contribution >= 0.6 is 0 Å². The lowest BCUT2D eigenvalue weighted by Gasteiger charge is -2.11. The Bertz CT molecular complexity index is 391. The molecule has 4 heteroatoms. The van der Waals surface area contributed by atoms with E-state index in [2.05, 4.69) is 5.16 Å². The number of aliphatic hydroxyl groups excluding tert-OH is 1. The Kier molecular flexibility index (Phi) is 7.66. The Morgan fingerprint density at radius 2 is 1.89 bits per heavy atom. The van der Waals surface area contributed by atoms with Crippen molar-refractivity contribution in [2.75, 3.05) is 13.2 Å². The fourth-order valence-corrected chi connectivity index (χ4v) is 1.90. The number of hydrogen-bond donors (Lipinski definition) is 2. The Morgan fingerprint density at radius 3 is 2.58 bits per heavy atom. The van der Waals surface area contributed by atoms with E-state index in [0.29, 0.717) is 18.7 Å². The van der Waals surface area contributed by atoms with Gasteiger partial charge in [-0.05, 0) is 37.8 Å². The van der Waals surface area contributed by atoms with E-state index in [9.17, 15) is 0 Å². The third-order valence-electron chi connectivity index (χ3n) is 2.96. The van der Waals surface area contributed by atoms with E-state index in [1.54, 1.807) is 0 Å². The van der Waals surface area contributed by atoms with Crippen molar-refractivity contribution in [2.45, 2.75) is 39.0 Å². The van der Waals surface area contributed by atoms with Gasteiger partial charge in [0.25, 0.3) is 0 Å². The van der Waals surface area contributed by atoms with Gasteiger partial charge in [0.1, 0.15) is 5.75 Å². The summed E-state index contributed by atoms with van der Waals surface area (Å²) in [6.45, 7) is 2.85. The second kappa shape index (κ2) is 9.39. The largest absolute Gasteiger partial charge is 0.493 e. The molecule has 0 aliphatic heterocycles. The van der Waals surface area contributed by atoms with Crippen molar-refractivity contribution in [3.05, 3.63) is 29.8 Å². The molecule has 1 aromatic rings. The summed E-state index contributed by atoms with van der Waals surface area (Å²) in [4.78, 5) is 0. The molecule has 0 heterocycles. The van der Waals surface area contributed by atoms with Crippen LogP contribution in [0.1, 0.15) is 44.6 Å². The van der Waals surface area contributed by atoms with Gasteiger partial charge in [-0.3, -0.25) is 0 Å². The van der Waals surface area contributed by atoms with Crippen molar-refractivity contribution in [3.8, 4) is 5.75 Å². The van der Waals surface area contributed by atoms with Crippen LogP contribution in [0.15, 0.2) is 29.4 Å². The molecule has 0 radical (unpaired) electrons. The van der Waals surface area contributed by atoms with Crippen LogP contribution < -0.4 is 4.74 Å². The monoisotopic (exact) mass is 265 g/mol. The minimum Gasteiger partial charge on any atom is -0.493 e. The first-order valence-electron chi connectivity index (χ1n) is 6.87. The number of rotatable bonds is 9. The smallest absolute Gasteiger partial charge is 0.128 e. The second-order valence-corrected chi connectivity index (χ2v) is 4.38. The highest BCUT2D eigenvalue weighted by Crippen LogP contribution is 2.20. The van der Waals surface area contributed by atoms with Crippen molar-refractivity contribution in [1.29, 1.82) is 0 Å². The van der Waals surface area contributed by atoms with Crippen molar-refractivity contribution in [3.63, 3.8) is 0 Å². The van der Waals surface area contributed by atoms with Gasteiger partial charge in [-0.25, -0.2) is 0 Å². The van der Waals surface area contributed by atoms with E-state index >= 15 is 0 Å². The molecule has 0 aromatic heterocycles. The molecular formula is C15H23NO3. The van der Waals surface area contributed by atoms with Gasteiger partial charge in [0.2, 0.25) is 0 Å². The zero-order valence-electron chi connectivity index (χ0n) is 11.5. The van der Waals surface area contributed by atoms with Crippen LogP contribution in [0.25, 0.3) is 0 Å². The van der Waals surface area contributed by atoms with Crippen molar-refractivity contribution < 1.29 is 15.1 Å². The van der Waals surface area contributed by atoms with Crippen molar-refractivity contribution in [2.24, 2.45) is 5.16 Å². The zero-order valence-corrected chi connectivity index (χ0v) is 11.5. The fraction of sp³-hybridized carbons (Fsp3) is 0.533. The summed E-state index contributed by atoms with van der Waals surface area (Å²) in [6, 6.07) is 7.61. The summed E-state index contributed by atoms with van der Waals surface area (Å²) in [6.07, 6.45) is 4.56. The van der Waals surface area contributed by atoms with Crippen LogP contribution in [0.5, 0.6) is 5.75 Å². The SMILES string of the molecule is CC/C(=N/O)c1ccccc1OCCCCCCO. The lowest BCUT2D eigenvalue weighted by molar-refractivity contribution is 0.273. The first kappa shape index (κ1) is 15.5. The van der Waals surface area contributed by atoms with Crippen LogP contribution in [0.2, 0.25) is 0 Å². The lowest BCUT2D eigenvalue weighted by atomic mass is 10.1. The summed E-state index contributed by atoms with van der Waals surface area (Å²) in [7, 11) is 0. The number of oxime groups is 1. The second-order valence-electron chi connectivity index (χ2n) is 4.38. The first-order valence-corrected chi connectivity index (χ1v) is 6.87. The van der Waals surface area contributed by atoms with Crippen LogP contribution in [0.4, 0.5) is 0 Å². The van der Waals surface area contributed by atoms with Crippen LogP contribution in [0, 0.1) is 0 Å². The van der Waals surface area contributed by atoms with E-state index in [1.165, 1.54) is 0 Å². The summed E-state index contributed by atoms with van der Waals surface area (Å²) >= 11 is 0. The molecule has 0 spiro atoms. The van der Waals surface area contributed by atoms with E-state index < -0.39 is 0 Å². The van der Waals surface area contributed by atoms with Gasteiger partial charge in [-0.2, -0.15) is 0 Å². The molecule has 0 unspecified atom stereocenters. The van der Waals surface area contributed by atoms with E-state index in [0.717, 1.165) is 37.0 Å². The third-order valence-corrected chi connectivity index (χ3v) is 2.96. The van der Waals surface area contributed by atoms with E-state index in [1.807, 2.05) is 31.2 Å². The highest BCUT2D eigenvalue weighted by Gasteiger charge is 2.08. The maximum Gasteiger partial charge on any atom is 0.128 e. The number of nitrogens with zero attached hydrogens (tertiary/aromatic N) is 1. The predicted octanol–water partition coefficient (Wildman–Crippen LogP) is 3.21. The molecule has 106 valence electrons. The minimum atomic E-state index is 0.260. The third kappa shape index (κ3) is 5.30. The summed E-state index contributed by atoms with van der Waals surface area (Å²) in [5, 5.41) is 21.0. The molecule has 0 aliphatic rings. The van der Waals surface area contributed by atoms with Crippen LogP contribution in [-0.4, -0.2) is 29.2 Å². The maximum atomic E-state index is 8.98. The Balaban J connectivity index is 2.49. The van der Waals surface area contributed by atoms with Gasteiger partial charge in [-0.1, -0.05) is 30.6 Å². The van der Waals surface area contributed by atoms with Gasteiger partial charge in [-0.15, -0.1) is 0 Å². The molecule has 0 aliphatic carbocycles. The normalized spacial score (nSPS) is 11.6. The molecule has 4 nitrogen and oxygen atoms in total. The summed E-state index contributed by atoms with van der Waals surface area (Å²) in [5.41, 5.74) is 1.48. The number of benzene rings is 1. The standard InChI is InChI=1S/C15H23NO3/c1-2-14(16-18)13-9-5-6-10-15(13)19-12-8-4-3-7-11-17/h5-6,9-10,17-18H,2-4,7-8,11-12H2,1H3/b16-14-. The minimum absolute atomic E-state index is 0.260. The Morgan fingerprint density at radius 1 is 1.16 bits per heavy atom. The fourth-order valence-electron chi connectivity index (χ4n) is 1.90. The highest BCUT2D eigenvalue weighted by molar-refractivity contribution is 6.02. The molecule has 0 atom stereocenters. The first-order chi connectivity index (χ1) is 9.33. The quantitative estimate of drug-likeness (QED) is 0.312. The van der Waals surface area contributed by atoms with Crippen molar-refractivity contribution >= 4 is 5.71 Å². The zero-order chi connectivity index (χ0) is 13.9. The molecule has 1 rings (SSSR count). The molecule has 2 N–H and O–H groups in total. The van der Waals surface area contributed by atoms with E-state index in [4.69, 9.17) is 15.1 Å². The van der Waals surface area contributed by atoms with Crippen LogP contribution in [0.3, 0.4) is 0 Å². The molecular weight excluding hydrogens is 242 g/mol. The molecule has 0 fully saturated rings. The highest BCUT2D eigenvalue weighted by atomic mass is 16.5. The summed E-state index contributed by atoms with van der Waals surface area (Å²) in [5.74, 6) is 0.763. The number of ether oxygens (including phenoxy) is 1. The molecule has 0 saturated heterocycles.